The summed E-state index contributed by atoms with van der Waals surface area (Å²) in [5.41, 5.74) is 0.909. The Morgan fingerprint density at radius 1 is 1.05 bits per heavy atom. The molecule has 0 spiro atoms. The van der Waals surface area contributed by atoms with Crippen molar-refractivity contribution in [3.05, 3.63) is 79.4 Å². The van der Waals surface area contributed by atoms with Gasteiger partial charge in [-0.1, -0.05) is 61.7 Å². The van der Waals surface area contributed by atoms with Gasteiger partial charge in [0.25, 0.3) is 0 Å². The molecule has 1 aromatic rings. The first kappa shape index (κ1) is 13.9. The Kier molecular flexibility index (Phi) is 3.94. The average Bonchev–Trinajstić information content (AvgIpc) is 2.54. The van der Waals surface area contributed by atoms with Gasteiger partial charge in [0, 0.05) is 0 Å². The molecular formula is C18H16O2. The standard InChI is InChI=1S/C18H16O2/c1-3-16(19)18(17(20)4-2)12-10-15(11-13-18)14-8-6-5-7-9-14/h3-12H,1-2,13H2. The Morgan fingerprint density at radius 3 is 2.10 bits per heavy atom. The van der Waals surface area contributed by atoms with E-state index in [1.807, 2.05) is 42.5 Å². The Morgan fingerprint density at radius 2 is 1.65 bits per heavy atom. The van der Waals surface area contributed by atoms with Crippen LogP contribution < -0.4 is 0 Å². The zero-order valence-electron chi connectivity index (χ0n) is 11.2. The quantitative estimate of drug-likeness (QED) is 0.602. The maximum Gasteiger partial charge on any atom is 0.173 e. The van der Waals surface area contributed by atoms with Gasteiger partial charge in [0.2, 0.25) is 0 Å². The van der Waals surface area contributed by atoms with Gasteiger partial charge in [0.15, 0.2) is 11.6 Å². The molecule has 2 nitrogen and oxygen atoms in total. The third-order valence-corrected chi connectivity index (χ3v) is 3.55. The van der Waals surface area contributed by atoms with E-state index in [0.717, 1.165) is 11.1 Å². The zero-order valence-corrected chi connectivity index (χ0v) is 11.2. The van der Waals surface area contributed by atoms with Gasteiger partial charge in [-0.15, -0.1) is 0 Å². The maximum atomic E-state index is 12.1. The molecule has 2 heteroatoms. The lowest BCUT2D eigenvalue weighted by molar-refractivity contribution is -0.131. The fourth-order valence-corrected chi connectivity index (χ4v) is 2.33. The van der Waals surface area contributed by atoms with Gasteiger partial charge >= 0.3 is 0 Å². The van der Waals surface area contributed by atoms with E-state index in [9.17, 15) is 9.59 Å². The van der Waals surface area contributed by atoms with Gasteiger partial charge < -0.3 is 0 Å². The van der Waals surface area contributed by atoms with Crippen LogP contribution in [0.25, 0.3) is 5.57 Å². The van der Waals surface area contributed by atoms with E-state index in [1.165, 1.54) is 12.2 Å². The molecule has 0 saturated carbocycles. The van der Waals surface area contributed by atoms with Crippen LogP contribution in [0.15, 0.2) is 73.9 Å². The minimum absolute atomic E-state index is 0.290. The number of benzene rings is 1. The maximum absolute atomic E-state index is 12.1. The normalized spacial score (nSPS) is 16.1. The number of allylic oxidation sites excluding steroid dienone is 6. The highest BCUT2D eigenvalue weighted by Crippen LogP contribution is 2.35. The highest BCUT2D eigenvalue weighted by atomic mass is 16.2. The van der Waals surface area contributed by atoms with Crippen molar-refractivity contribution in [3.8, 4) is 0 Å². The van der Waals surface area contributed by atoms with Crippen LogP contribution in [0.2, 0.25) is 0 Å². The second kappa shape index (κ2) is 5.66. The average molecular weight is 264 g/mol. The third-order valence-electron chi connectivity index (χ3n) is 3.55. The van der Waals surface area contributed by atoms with E-state index in [-0.39, 0.29) is 11.6 Å². The molecule has 0 unspecified atom stereocenters. The number of carbonyl (C=O) groups is 2. The van der Waals surface area contributed by atoms with Crippen molar-refractivity contribution in [3.63, 3.8) is 0 Å². The molecule has 0 N–H and O–H groups in total. The summed E-state index contributed by atoms with van der Waals surface area (Å²) in [6.45, 7) is 6.97. The summed E-state index contributed by atoms with van der Waals surface area (Å²) >= 11 is 0. The van der Waals surface area contributed by atoms with Crippen molar-refractivity contribution < 1.29 is 9.59 Å². The van der Waals surface area contributed by atoms with Crippen LogP contribution in [-0.2, 0) is 9.59 Å². The first-order chi connectivity index (χ1) is 9.64. The number of hydrogen-bond acceptors (Lipinski definition) is 2. The summed E-state index contributed by atoms with van der Waals surface area (Å²) < 4.78 is 0. The fraction of sp³-hybridized carbons (Fsp3) is 0.111. The molecule has 0 aromatic heterocycles. The summed E-state index contributed by atoms with van der Waals surface area (Å²) in [5.74, 6) is -0.580. The lowest BCUT2D eigenvalue weighted by Gasteiger charge is -2.27. The zero-order chi connectivity index (χ0) is 14.6. The van der Waals surface area contributed by atoms with Crippen LogP contribution in [0.3, 0.4) is 0 Å². The Balaban J connectivity index is 2.36. The van der Waals surface area contributed by atoms with Crippen molar-refractivity contribution in [2.45, 2.75) is 6.42 Å². The Bertz CT molecular complexity index is 598. The first-order valence-corrected chi connectivity index (χ1v) is 6.42. The monoisotopic (exact) mass is 264 g/mol. The molecule has 0 bridgehead atoms. The highest BCUT2D eigenvalue weighted by Gasteiger charge is 2.40. The van der Waals surface area contributed by atoms with E-state index >= 15 is 0 Å². The lowest BCUT2D eigenvalue weighted by Crippen LogP contribution is -2.36. The molecule has 1 aliphatic rings. The van der Waals surface area contributed by atoms with Crippen LogP contribution >= 0.6 is 0 Å². The summed E-state index contributed by atoms with van der Waals surface area (Å²) in [6.07, 6.45) is 8.15. The Labute approximate surface area is 118 Å². The summed E-state index contributed by atoms with van der Waals surface area (Å²) in [5, 5.41) is 0. The highest BCUT2D eigenvalue weighted by molar-refractivity contribution is 6.17. The lowest BCUT2D eigenvalue weighted by atomic mass is 9.72. The van der Waals surface area contributed by atoms with Crippen molar-refractivity contribution in [1.82, 2.24) is 0 Å². The van der Waals surface area contributed by atoms with Gasteiger partial charge in [-0.05, 0) is 29.7 Å². The van der Waals surface area contributed by atoms with Gasteiger partial charge in [0.05, 0.1) is 0 Å². The molecule has 0 saturated heterocycles. The fourth-order valence-electron chi connectivity index (χ4n) is 2.33. The van der Waals surface area contributed by atoms with E-state index in [2.05, 4.69) is 13.2 Å². The van der Waals surface area contributed by atoms with E-state index in [1.54, 1.807) is 6.08 Å². The second-order valence-electron chi connectivity index (χ2n) is 4.67. The number of ketones is 2. The first-order valence-electron chi connectivity index (χ1n) is 6.42. The van der Waals surface area contributed by atoms with Crippen LogP contribution in [0, 0.1) is 5.41 Å². The third kappa shape index (κ3) is 2.32. The van der Waals surface area contributed by atoms with Gasteiger partial charge in [-0.2, -0.15) is 0 Å². The molecule has 20 heavy (non-hydrogen) atoms. The predicted molar refractivity (Wildman–Crippen MR) is 81.0 cm³/mol. The second-order valence-corrected chi connectivity index (χ2v) is 4.67. The van der Waals surface area contributed by atoms with E-state index in [4.69, 9.17) is 0 Å². The molecule has 1 aliphatic carbocycles. The van der Waals surface area contributed by atoms with Crippen molar-refractivity contribution in [1.29, 1.82) is 0 Å². The van der Waals surface area contributed by atoms with Crippen LogP contribution in [-0.4, -0.2) is 11.6 Å². The van der Waals surface area contributed by atoms with Gasteiger partial charge in [-0.3, -0.25) is 9.59 Å². The van der Waals surface area contributed by atoms with E-state index in [0.29, 0.717) is 6.42 Å². The van der Waals surface area contributed by atoms with Crippen LogP contribution in [0.1, 0.15) is 12.0 Å². The molecule has 2 rings (SSSR count). The molecule has 0 aliphatic heterocycles. The summed E-state index contributed by atoms with van der Waals surface area (Å²) in [7, 11) is 0. The summed E-state index contributed by atoms with van der Waals surface area (Å²) in [4.78, 5) is 24.1. The topological polar surface area (TPSA) is 34.1 Å². The molecular weight excluding hydrogens is 248 g/mol. The molecule has 0 amide bonds. The van der Waals surface area contributed by atoms with E-state index < -0.39 is 5.41 Å². The molecule has 1 aromatic carbocycles. The minimum Gasteiger partial charge on any atom is -0.293 e. The largest absolute Gasteiger partial charge is 0.293 e. The molecule has 0 heterocycles. The van der Waals surface area contributed by atoms with Crippen LogP contribution in [0.5, 0.6) is 0 Å². The number of rotatable bonds is 5. The molecule has 0 atom stereocenters. The Hall–Kier alpha value is -2.48. The minimum atomic E-state index is -1.16. The SMILES string of the molecule is C=CC(=O)C1(C(=O)C=C)C=CC(c2ccccc2)=CC1. The molecule has 0 fully saturated rings. The van der Waals surface area contributed by atoms with Crippen molar-refractivity contribution >= 4 is 17.1 Å². The number of carbonyl (C=O) groups excluding carboxylic acids is 2. The molecule has 100 valence electrons. The van der Waals surface area contributed by atoms with Crippen molar-refractivity contribution in [2.24, 2.45) is 5.41 Å². The smallest absolute Gasteiger partial charge is 0.173 e. The van der Waals surface area contributed by atoms with Crippen LogP contribution in [0.4, 0.5) is 0 Å². The molecule has 0 radical (unpaired) electrons. The summed E-state index contributed by atoms with van der Waals surface area (Å²) in [6, 6.07) is 9.84. The van der Waals surface area contributed by atoms with Gasteiger partial charge in [-0.25, -0.2) is 0 Å². The van der Waals surface area contributed by atoms with Crippen molar-refractivity contribution in [2.75, 3.05) is 0 Å². The predicted octanol–water partition coefficient (Wildman–Crippen LogP) is 3.53. The van der Waals surface area contributed by atoms with Gasteiger partial charge in [0.1, 0.15) is 5.41 Å². The number of hydrogen-bond donors (Lipinski definition) is 0.